The van der Waals surface area contributed by atoms with Gasteiger partial charge in [0, 0.05) is 19.6 Å². The van der Waals surface area contributed by atoms with Crippen molar-refractivity contribution in [3.8, 4) is 0 Å². The highest BCUT2D eigenvalue weighted by Crippen LogP contribution is 2.22. The number of hydrogen-bond donors (Lipinski definition) is 6. The Morgan fingerprint density at radius 1 is 0.526 bits per heavy atom. The molecule has 0 aromatic rings. The minimum atomic E-state index is -1.75. The molecule has 3 aliphatic rings. The van der Waals surface area contributed by atoms with Crippen LogP contribution in [0.3, 0.4) is 0 Å². The van der Waals surface area contributed by atoms with E-state index in [9.17, 15) is 30.6 Å². The summed E-state index contributed by atoms with van der Waals surface area (Å²) in [5, 5.41) is 61.2. The van der Waals surface area contributed by atoms with Crippen LogP contribution in [0, 0.1) is 0 Å². The lowest BCUT2D eigenvalue weighted by molar-refractivity contribution is -0.214. The summed E-state index contributed by atoms with van der Waals surface area (Å²) in [4.78, 5) is 2.13. The third-order valence-corrected chi connectivity index (χ3v) is 6.35. The lowest BCUT2D eigenvalue weighted by atomic mass is 10.0. The van der Waals surface area contributed by atoms with Crippen LogP contribution < -0.4 is 0 Å². The topological polar surface area (TPSA) is 152 Å². The molecule has 0 aromatic heterocycles. The predicted octanol–water partition coefficient (Wildman–Crippen LogP) is 0.457. The average Bonchev–Trinajstić information content (AvgIpc) is 2.87. The summed E-state index contributed by atoms with van der Waals surface area (Å²) in [6.45, 7) is 2.45. The van der Waals surface area contributed by atoms with Gasteiger partial charge < -0.3 is 49.7 Å². The third-order valence-electron chi connectivity index (χ3n) is 6.35. The maximum absolute atomic E-state index is 10.4. The van der Waals surface area contributed by atoms with E-state index in [1.807, 2.05) is 0 Å². The van der Waals surface area contributed by atoms with E-state index in [1.165, 1.54) is 36.5 Å². The minimum absolute atomic E-state index is 0. The molecule has 0 aliphatic heterocycles. The Kier molecular flexibility index (Phi) is 13.0. The first kappa shape index (κ1) is 32.5. The van der Waals surface area contributed by atoms with Crippen molar-refractivity contribution in [2.45, 2.75) is 54.9 Å². The fourth-order valence-corrected chi connectivity index (χ4v) is 4.11. The first-order valence-corrected chi connectivity index (χ1v) is 12.6. The number of ether oxygens (including phenoxy) is 3. The van der Waals surface area contributed by atoms with Gasteiger partial charge in [-0.25, -0.2) is 0 Å². The van der Waals surface area contributed by atoms with Crippen LogP contribution in [-0.4, -0.2) is 111 Å². The minimum Gasteiger partial charge on any atom is -0.383 e. The van der Waals surface area contributed by atoms with Crippen LogP contribution in [0.15, 0.2) is 72.9 Å². The van der Waals surface area contributed by atoms with E-state index in [1.54, 1.807) is 36.5 Å². The first-order chi connectivity index (χ1) is 17.7. The molecule has 0 heterocycles. The second-order valence-corrected chi connectivity index (χ2v) is 9.27. The quantitative estimate of drug-likeness (QED) is 0.124. The molecule has 0 spiro atoms. The van der Waals surface area contributed by atoms with Crippen molar-refractivity contribution < 1.29 is 44.8 Å². The Hall–Kier alpha value is -1.67. The number of aliphatic hydroxyl groups excluding tert-OH is 3. The van der Waals surface area contributed by atoms with Crippen molar-refractivity contribution in [2.24, 2.45) is 0 Å². The van der Waals surface area contributed by atoms with Crippen LogP contribution in [0.1, 0.15) is 19.3 Å². The number of allylic oxidation sites excluding steroid dienone is 6. The van der Waals surface area contributed by atoms with Gasteiger partial charge in [0.1, 0.15) is 18.3 Å². The van der Waals surface area contributed by atoms with E-state index >= 15 is 0 Å². The highest BCUT2D eigenvalue weighted by atomic mass is 35.5. The summed E-state index contributed by atoms with van der Waals surface area (Å²) >= 11 is 0. The zero-order chi connectivity index (χ0) is 26.8. The molecular weight excluding hydrogens is 518 g/mol. The molecule has 6 unspecified atom stereocenters. The van der Waals surface area contributed by atoms with Gasteiger partial charge in [-0.15, -0.1) is 12.4 Å². The molecule has 6 atom stereocenters. The van der Waals surface area contributed by atoms with Crippen LogP contribution in [0.2, 0.25) is 0 Å². The SMILES string of the molecule is Cl.OC1C=CC=CC1(O)OCCCN(CCCOC1(O)C=CC=CC1O)CCCOC1(O)C=CC=CC1O. The monoisotopic (exact) mass is 557 g/mol. The van der Waals surface area contributed by atoms with Crippen LogP contribution >= 0.6 is 12.4 Å². The molecule has 0 fully saturated rings. The largest absolute Gasteiger partial charge is 0.383 e. The number of rotatable bonds is 15. The van der Waals surface area contributed by atoms with E-state index in [0.29, 0.717) is 38.9 Å². The Labute approximate surface area is 229 Å². The number of nitrogens with zero attached hydrogens (tertiary/aromatic N) is 1. The molecule has 214 valence electrons. The zero-order valence-electron chi connectivity index (χ0n) is 21.3. The van der Waals surface area contributed by atoms with Crippen molar-refractivity contribution >= 4 is 12.4 Å². The average molecular weight is 558 g/mol. The summed E-state index contributed by atoms with van der Waals surface area (Å²) in [6.07, 6.45) is 16.6. The van der Waals surface area contributed by atoms with E-state index in [2.05, 4.69) is 4.90 Å². The molecule has 0 radical (unpaired) electrons. The van der Waals surface area contributed by atoms with Crippen molar-refractivity contribution in [1.82, 2.24) is 4.90 Å². The zero-order valence-corrected chi connectivity index (χ0v) is 22.1. The van der Waals surface area contributed by atoms with Crippen molar-refractivity contribution in [3.63, 3.8) is 0 Å². The molecule has 6 N–H and O–H groups in total. The molecule has 3 aliphatic carbocycles. The smallest absolute Gasteiger partial charge is 0.216 e. The van der Waals surface area contributed by atoms with Gasteiger partial charge in [-0.1, -0.05) is 54.7 Å². The molecule has 0 amide bonds. The summed E-state index contributed by atoms with van der Waals surface area (Å²) in [6, 6.07) is 0. The summed E-state index contributed by atoms with van der Waals surface area (Å²) in [7, 11) is 0. The van der Waals surface area contributed by atoms with E-state index in [-0.39, 0.29) is 32.2 Å². The molecule has 3 rings (SSSR count). The van der Waals surface area contributed by atoms with Gasteiger partial charge in [0.25, 0.3) is 0 Å². The van der Waals surface area contributed by atoms with Crippen LogP contribution in [0.4, 0.5) is 0 Å². The van der Waals surface area contributed by atoms with Gasteiger partial charge in [-0.2, -0.15) is 0 Å². The maximum Gasteiger partial charge on any atom is 0.216 e. The molecule has 0 saturated carbocycles. The van der Waals surface area contributed by atoms with Crippen LogP contribution in [-0.2, 0) is 14.2 Å². The van der Waals surface area contributed by atoms with Crippen LogP contribution in [0.25, 0.3) is 0 Å². The third kappa shape index (κ3) is 9.22. The highest BCUT2D eigenvalue weighted by molar-refractivity contribution is 5.85. The summed E-state index contributed by atoms with van der Waals surface area (Å²) in [5.41, 5.74) is 0. The van der Waals surface area contributed by atoms with E-state index < -0.39 is 35.7 Å². The van der Waals surface area contributed by atoms with Crippen molar-refractivity contribution in [1.29, 1.82) is 0 Å². The first-order valence-electron chi connectivity index (χ1n) is 12.6. The Bertz CT molecular complexity index is 793. The second-order valence-electron chi connectivity index (χ2n) is 9.27. The van der Waals surface area contributed by atoms with Crippen LogP contribution in [0.5, 0.6) is 0 Å². The van der Waals surface area contributed by atoms with Gasteiger partial charge in [0.2, 0.25) is 17.4 Å². The molecule has 38 heavy (non-hydrogen) atoms. The second kappa shape index (κ2) is 15.2. The van der Waals surface area contributed by atoms with Gasteiger partial charge in [0.15, 0.2) is 0 Å². The Morgan fingerprint density at radius 3 is 1.08 bits per heavy atom. The van der Waals surface area contributed by atoms with Gasteiger partial charge >= 0.3 is 0 Å². The van der Waals surface area contributed by atoms with Crippen molar-refractivity contribution in [2.75, 3.05) is 39.5 Å². The highest BCUT2D eigenvalue weighted by Gasteiger charge is 2.35. The van der Waals surface area contributed by atoms with Gasteiger partial charge in [-0.3, -0.25) is 0 Å². The molecular formula is C27H40ClNO9. The predicted molar refractivity (Wildman–Crippen MR) is 143 cm³/mol. The van der Waals surface area contributed by atoms with Crippen molar-refractivity contribution in [3.05, 3.63) is 72.9 Å². The molecule has 0 aromatic carbocycles. The fraction of sp³-hybridized carbons (Fsp3) is 0.556. The molecule has 11 heteroatoms. The maximum atomic E-state index is 10.4. The Morgan fingerprint density at radius 2 is 0.816 bits per heavy atom. The Balaban J connectivity index is 0.00000507. The standard InChI is InChI=1S/C27H39NO9.ClH/c29-22-10-1-4-13-25(22,32)35-19-7-16-28(17-8-20-36-26(33)14-5-2-11-23(26)30)18-9-21-37-27(34)15-6-3-12-24(27)31;/h1-6,10-15,22-24,29-34H,7-9,16-21H2;1H. The molecule has 10 nitrogen and oxygen atoms in total. The van der Waals surface area contributed by atoms with Gasteiger partial charge in [-0.05, 0) is 37.5 Å². The van der Waals surface area contributed by atoms with E-state index in [0.717, 1.165) is 0 Å². The van der Waals surface area contributed by atoms with Gasteiger partial charge in [0.05, 0.1) is 19.8 Å². The normalized spacial score (nSPS) is 33.7. The number of hydrogen-bond acceptors (Lipinski definition) is 10. The lowest BCUT2D eigenvalue weighted by Gasteiger charge is -2.32. The summed E-state index contributed by atoms with van der Waals surface area (Å²) in [5.74, 6) is -5.26. The fourth-order valence-electron chi connectivity index (χ4n) is 4.11. The summed E-state index contributed by atoms with van der Waals surface area (Å²) < 4.78 is 16.6. The molecule has 0 bridgehead atoms. The number of halogens is 1. The van der Waals surface area contributed by atoms with E-state index in [4.69, 9.17) is 14.2 Å². The lowest BCUT2D eigenvalue weighted by Crippen LogP contribution is -2.44. The molecule has 0 saturated heterocycles. The number of aliphatic hydroxyl groups is 6.